The van der Waals surface area contributed by atoms with Crippen LogP contribution < -0.4 is 10.6 Å². The fourth-order valence-corrected chi connectivity index (χ4v) is 11.7. The number of ether oxygens (including phenoxy) is 2. The number of aliphatic hydroxyl groups excluding tert-OH is 2. The van der Waals surface area contributed by atoms with Crippen LogP contribution >= 0.6 is 0 Å². The summed E-state index contributed by atoms with van der Waals surface area (Å²) in [6, 6.07) is 0. The Morgan fingerprint density at radius 2 is 0.904 bits per heavy atom. The Balaban J connectivity index is 0.998. The Bertz CT molecular complexity index is 993. The van der Waals surface area contributed by atoms with Gasteiger partial charge in [-0.25, -0.2) is 0 Å². The molecular formula is C44H78N2O6. The zero-order chi connectivity index (χ0) is 37.0. The highest BCUT2D eigenvalue weighted by Gasteiger charge is 2.39. The van der Waals surface area contributed by atoms with E-state index in [4.69, 9.17) is 9.47 Å². The molecule has 300 valence electrons. The van der Waals surface area contributed by atoms with Gasteiger partial charge in [0.1, 0.15) is 0 Å². The first-order chi connectivity index (χ1) is 25.2. The highest BCUT2D eigenvalue weighted by atomic mass is 16.5. The lowest BCUT2D eigenvalue weighted by atomic mass is 9.69. The summed E-state index contributed by atoms with van der Waals surface area (Å²) in [5, 5.41) is 28.3. The van der Waals surface area contributed by atoms with E-state index in [1.165, 1.54) is 51.4 Å². The van der Waals surface area contributed by atoms with Gasteiger partial charge in [-0.15, -0.1) is 0 Å². The molecule has 0 aliphatic heterocycles. The van der Waals surface area contributed by atoms with Gasteiger partial charge in [0.05, 0.1) is 37.6 Å². The van der Waals surface area contributed by atoms with Crippen LogP contribution in [0, 0.1) is 59.2 Å². The van der Waals surface area contributed by atoms with E-state index < -0.39 is 0 Å². The quantitative estimate of drug-likeness (QED) is 0.120. The van der Waals surface area contributed by atoms with Crippen molar-refractivity contribution in [3.8, 4) is 0 Å². The molecule has 8 heteroatoms. The van der Waals surface area contributed by atoms with Crippen molar-refractivity contribution in [3.05, 3.63) is 0 Å². The predicted octanol–water partition coefficient (Wildman–Crippen LogP) is 7.82. The maximum Gasteiger partial charge on any atom is 0.223 e. The molecule has 0 saturated heterocycles. The number of aliphatic hydroxyl groups is 2. The molecule has 4 N–H and O–H groups in total. The Labute approximate surface area is 317 Å². The Morgan fingerprint density at radius 3 is 1.33 bits per heavy atom. The topological polar surface area (TPSA) is 117 Å². The molecule has 2 amide bonds. The van der Waals surface area contributed by atoms with E-state index in [-0.39, 0.29) is 48.1 Å². The third kappa shape index (κ3) is 11.4. The van der Waals surface area contributed by atoms with Crippen molar-refractivity contribution in [2.75, 3.05) is 26.3 Å². The van der Waals surface area contributed by atoms with Crippen molar-refractivity contribution < 1.29 is 29.3 Å². The van der Waals surface area contributed by atoms with Crippen molar-refractivity contribution in [2.24, 2.45) is 59.2 Å². The molecule has 0 bridgehead atoms. The van der Waals surface area contributed by atoms with Crippen LogP contribution in [-0.2, 0) is 19.1 Å². The zero-order valence-corrected chi connectivity index (χ0v) is 33.6. The van der Waals surface area contributed by atoms with Gasteiger partial charge in [-0.05, 0) is 131 Å². The maximum atomic E-state index is 13.2. The largest absolute Gasteiger partial charge is 0.393 e. The van der Waals surface area contributed by atoms with E-state index in [1.54, 1.807) is 0 Å². The second-order valence-corrected chi connectivity index (χ2v) is 18.3. The number of carbonyl (C=O) groups excluding carboxylic acids is 2. The van der Waals surface area contributed by atoms with E-state index in [1.807, 2.05) is 0 Å². The summed E-state index contributed by atoms with van der Waals surface area (Å²) in [5.74, 6) is 3.46. The minimum atomic E-state index is -0.176. The fraction of sp³-hybridized carbons (Fsp3) is 0.955. The van der Waals surface area contributed by atoms with E-state index in [2.05, 4.69) is 38.3 Å². The van der Waals surface area contributed by atoms with Gasteiger partial charge in [0.2, 0.25) is 11.8 Å². The molecule has 0 aromatic heterocycles. The number of amides is 2. The fourth-order valence-electron chi connectivity index (χ4n) is 11.7. The normalized spacial score (nSPS) is 40.2. The van der Waals surface area contributed by atoms with Crippen molar-refractivity contribution in [3.63, 3.8) is 0 Å². The highest BCUT2D eigenvalue weighted by molar-refractivity contribution is 5.82. The molecule has 0 radical (unpaired) electrons. The van der Waals surface area contributed by atoms with Gasteiger partial charge >= 0.3 is 0 Å². The van der Waals surface area contributed by atoms with Crippen molar-refractivity contribution in [2.45, 2.75) is 181 Å². The van der Waals surface area contributed by atoms with Crippen LogP contribution in [0.2, 0.25) is 0 Å². The van der Waals surface area contributed by atoms with Crippen LogP contribution in [0.25, 0.3) is 0 Å². The first-order valence-corrected chi connectivity index (χ1v) is 22.3. The molecule has 0 spiro atoms. The van der Waals surface area contributed by atoms with Crippen molar-refractivity contribution in [1.82, 2.24) is 10.6 Å². The molecular weight excluding hydrogens is 652 g/mol. The summed E-state index contributed by atoms with van der Waals surface area (Å²) in [4.78, 5) is 26.5. The van der Waals surface area contributed by atoms with E-state index in [9.17, 15) is 19.8 Å². The summed E-state index contributed by atoms with van der Waals surface area (Å²) in [7, 11) is 0. The average molecular weight is 731 g/mol. The molecule has 5 rings (SSSR count). The highest BCUT2D eigenvalue weighted by Crippen LogP contribution is 2.42. The molecule has 14 atom stereocenters. The van der Waals surface area contributed by atoms with Gasteiger partial charge < -0.3 is 30.3 Å². The molecule has 0 aromatic carbocycles. The minimum absolute atomic E-state index is 0.0549. The third-order valence-corrected chi connectivity index (χ3v) is 14.9. The molecule has 52 heavy (non-hydrogen) atoms. The summed E-state index contributed by atoms with van der Waals surface area (Å²) >= 11 is 0. The Hall–Kier alpha value is -1.22. The van der Waals surface area contributed by atoms with Crippen LogP contribution in [-0.4, -0.2) is 72.7 Å². The molecule has 8 nitrogen and oxygen atoms in total. The van der Waals surface area contributed by atoms with Crippen molar-refractivity contribution >= 4 is 11.8 Å². The predicted molar refractivity (Wildman–Crippen MR) is 207 cm³/mol. The lowest BCUT2D eigenvalue weighted by molar-refractivity contribution is -0.131. The zero-order valence-electron chi connectivity index (χ0n) is 33.6. The number of nitrogens with one attached hydrogen (secondary N) is 2. The van der Waals surface area contributed by atoms with E-state index >= 15 is 0 Å². The van der Waals surface area contributed by atoms with Crippen LogP contribution in [0.4, 0.5) is 0 Å². The summed E-state index contributed by atoms with van der Waals surface area (Å²) in [6.45, 7) is 11.1. The molecule has 0 aromatic rings. The number of rotatable bonds is 16. The molecule has 14 unspecified atom stereocenters. The maximum absolute atomic E-state index is 13.2. The Kier molecular flexibility index (Phi) is 17.1. The smallest absolute Gasteiger partial charge is 0.223 e. The van der Waals surface area contributed by atoms with Gasteiger partial charge in [0.15, 0.2) is 0 Å². The number of hydrogen-bond donors (Lipinski definition) is 4. The summed E-state index contributed by atoms with van der Waals surface area (Å²) < 4.78 is 13.0. The SMILES string of the molecule is CCC1CCCC(CC2CCCC(C)C2OCCNC(=O)C2CCCC(C(=O)NCCOC3C(C)CCCC3CC3CCCC(CC)C3O)C2)C1O. The first-order valence-electron chi connectivity index (χ1n) is 22.3. The summed E-state index contributed by atoms with van der Waals surface area (Å²) in [6.07, 6.45) is 21.6. The standard InChI is InChI=1S/C44H78N2O6/c1-5-31-14-9-16-33(39(31)47)26-35-18-7-12-29(3)41(35)51-24-22-45-43(49)37-20-11-21-38(28-37)44(50)46-23-25-52-42-30(4)13-8-19-36(42)27-34-17-10-15-32(6-2)40(34)48/h29-42,47-48H,5-28H2,1-4H3,(H,45,49)(H,46,50). The molecule has 5 fully saturated rings. The molecule has 5 aliphatic rings. The second-order valence-electron chi connectivity index (χ2n) is 18.3. The van der Waals surface area contributed by atoms with E-state index in [0.717, 1.165) is 70.6 Å². The lowest BCUT2D eigenvalue weighted by Gasteiger charge is -2.41. The van der Waals surface area contributed by atoms with Gasteiger partial charge in [-0.1, -0.05) is 72.6 Å². The number of carbonyl (C=O) groups is 2. The first kappa shape index (κ1) is 41.9. The molecule has 5 aliphatic carbocycles. The van der Waals surface area contributed by atoms with Gasteiger partial charge in [-0.3, -0.25) is 9.59 Å². The minimum Gasteiger partial charge on any atom is -0.393 e. The van der Waals surface area contributed by atoms with Crippen LogP contribution in [0.5, 0.6) is 0 Å². The average Bonchev–Trinajstić information content (AvgIpc) is 3.15. The van der Waals surface area contributed by atoms with Gasteiger partial charge in [-0.2, -0.15) is 0 Å². The monoisotopic (exact) mass is 731 g/mol. The number of hydrogen-bond acceptors (Lipinski definition) is 6. The van der Waals surface area contributed by atoms with Gasteiger partial charge in [0, 0.05) is 24.9 Å². The Morgan fingerprint density at radius 1 is 0.538 bits per heavy atom. The summed E-state index contributed by atoms with van der Waals surface area (Å²) in [5.41, 5.74) is 0. The van der Waals surface area contributed by atoms with Crippen molar-refractivity contribution in [1.29, 1.82) is 0 Å². The van der Waals surface area contributed by atoms with E-state index in [0.29, 0.717) is 80.1 Å². The van der Waals surface area contributed by atoms with Crippen LogP contribution in [0.15, 0.2) is 0 Å². The third-order valence-electron chi connectivity index (χ3n) is 14.9. The molecule has 0 heterocycles. The molecule has 5 saturated carbocycles. The van der Waals surface area contributed by atoms with Crippen LogP contribution in [0.3, 0.4) is 0 Å². The van der Waals surface area contributed by atoms with Gasteiger partial charge in [0.25, 0.3) is 0 Å². The second kappa shape index (κ2) is 21.2. The lowest BCUT2D eigenvalue weighted by Crippen LogP contribution is -2.43. The van der Waals surface area contributed by atoms with Crippen LogP contribution in [0.1, 0.15) is 156 Å².